The number of benzene rings is 1. The summed E-state index contributed by atoms with van der Waals surface area (Å²) in [5.74, 6) is -2.18. The van der Waals surface area contributed by atoms with E-state index in [0.717, 1.165) is 18.4 Å². The largest absolute Gasteiger partial charge is 0.481 e. The number of Topliss-reactive ketones (excluding diaryl/α,β-unsaturated/α-hetero) is 1. The van der Waals surface area contributed by atoms with Gasteiger partial charge < -0.3 is 10.2 Å². The summed E-state index contributed by atoms with van der Waals surface area (Å²) in [5, 5.41) is 17.9. The summed E-state index contributed by atoms with van der Waals surface area (Å²) < 4.78 is 0. The summed E-state index contributed by atoms with van der Waals surface area (Å²) in [7, 11) is 0. The molecule has 0 aromatic heterocycles. The molecule has 23 heavy (non-hydrogen) atoms. The van der Waals surface area contributed by atoms with Crippen molar-refractivity contribution in [3.8, 4) is 0 Å². The number of ketones is 1. The van der Waals surface area contributed by atoms with Crippen molar-refractivity contribution in [2.45, 2.75) is 57.8 Å². The smallest absolute Gasteiger partial charge is 0.303 e. The first kappa shape index (κ1) is 18.9. The molecule has 0 aliphatic rings. The van der Waals surface area contributed by atoms with Gasteiger partial charge in [-0.1, -0.05) is 37.6 Å². The second-order valence-electron chi connectivity index (χ2n) is 5.87. The van der Waals surface area contributed by atoms with Crippen LogP contribution in [-0.2, 0) is 26.2 Å². The Morgan fingerprint density at radius 2 is 1.43 bits per heavy atom. The molecule has 0 unspecified atom stereocenters. The van der Waals surface area contributed by atoms with Gasteiger partial charge in [0.2, 0.25) is 0 Å². The predicted octanol–water partition coefficient (Wildman–Crippen LogP) is 3.20. The maximum Gasteiger partial charge on any atom is 0.303 e. The summed E-state index contributed by atoms with van der Waals surface area (Å²) >= 11 is 0. The highest BCUT2D eigenvalue weighted by Gasteiger charge is 2.37. The minimum Gasteiger partial charge on any atom is -0.481 e. The van der Waals surface area contributed by atoms with E-state index in [-0.39, 0.29) is 31.5 Å². The Balaban J connectivity index is 3.19. The highest BCUT2D eigenvalue weighted by atomic mass is 16.4. The zero-order chi connectivity index (χ0) is 17.5. The monoisotopic (exact) mass is 320 g/mol. The fourth-order valence-corrected chi connectivity index (χ4v) is 2.89. The lowest BCUT2D eigenvalue weighted by Gasteiger charge is -2.31. The molecule has 2 N–H and O–H groups in total. The topological polar surface area (TPSA) is 91.7 Å². The molecule has 126 valence electrons. The molecule has 0 aliphatic heterocycles. The number of carboxylic acids is 2. The van der Waals surface area contributed by atoms with Gasteiger partial charge in [-0.25, -0.2) is 0 Å². The summed E-state index contributed by atoms with van der Waals surface area (Å²) in [5.41, 5.74) is 0.791. The fraction of sp³-hybridized carbons (Fsp3) is 0.500. The highest BCUT2D eigenvalue weighted by molar-refractivity contribution is 5.89. The van der Waals surface area contributed by atoms with Gasteiger partial charge in [0.1, 0.15) is 5.78 Å². The lowest BCUT2D eigenvalue weighted by Crippen LogP contribution is -2.35. The van der Waals surface area contributed by atoms with Crippen LogP contribution in [-0.4, -0.2) is 27.9 Å². The van der Waals surface area contributed by atoms with Crippen LogP contribution in [0.3, 0.4) is 0 Å². The van der Waals surface area contributed by atoms with Crippen molar-refractivity contribution in [1.82, 2.24) is 0 Å². The number of rotatable bonds is 10. The molecule has 0 amide bonds. The van der Waals surface area contributed by atoms with Gasteiger partial charge >= 0.3 is 11.9 Å². The van der Waals surface area contributed by atoms with Gasteiger partial charge in [0.05, 0.1) is 5.41 Å². The van der Waals surface area contributed by atoms with Crippen LogP contribution in [0.15, 0.2) is 24.3 Å². The second-order valence-corrected chi connectivity index (χ2v) is 5.87. The Morgan fingerprint density at radius 3 is 1.78 bits per heavy atom. The number of hydrogen-bond donors (Lipinski definition) is 2. The molecular weight excluding hydrogens is 296 g/mol. The van der Waals surface area contributed by atoms with E-state index in [0.29, 0.717) is 5.56 Å². The van der Waals surface area contributed by atoms with Gasteiger partial charge in [-0.2, -0.15) is 0 Å². The van der Waals surface area contributed by atoms with Crippen LogP contribution in [0, 0.1) is 0 Å². The Kier molecular flexibility index (Phi) is 6.94. The number of carbonyl (C=O) groups excluding carboxylic acids is 1. The highest BCUT2D eigenvalue weighted by Crippen LogP contribution is 2.36. The summed E-state index contributed by atoms with van der Waals surface area (Å²) in [6.07, 6.45) is 1.81. The third kappa shape index (κ3) is 5.20. The molecule has 0 heterocycles. The zero-order valence-corrected chi connectivity index (χ0v) is 13.7. The van der Waals surface area contributed by atoms with Crippen LogP contribution in [0.5, 0.6) is 0 Å². The third-order valence-corrected chi connectivity index (χ3v) is 4.25. The van der Waals surface area contributed by atoms with Crippen LogP contribution in [0.25, 0.3) is 0 Å². The Morgan fingerprint density at radius 1 is 0.957 bits per heavy atom. The van der Waals surface area contributed by atoms with E-state index >= 15 is 0 Å². The van der Waals surface area contributed by atoms with E-state index in [2.05, 4.69) is 6.92 Å². The number of carbonyl (C=O) groups is 3. The molecule has 1 aromatic carbocycles. The van der Waals surface area contributed by atoms with Gasteiger partial charge in [0.25, 0.3) is 0 Å². The normalized spacial score (nSPS) is 11.2. The summed E-state index contributed by atoms with van der Waals surface area (Å²) in [6.45, 7) is 3.48. The van der Waals surface area contributed by atoms with Crippen molar-refractivity contribution in [3.63, 3.8) is 0 Å². The molecule has 0 fully saturated rings. The van der Waals surface area contributed by atoms with E-state index in [4.69, 9.17) is 10.2 Å². The van der Waals surface area contributed by atoms with E-state index < -0.39 is 17.4 Å². The molecule has 1 aromatic rings. The first-order valence-corrected chi connectivity index (χ1v) is 7.86. The van der Waals surface area contributed by atoms with Gasteiger partial charge in [-0.05, 0) is 37.3 Å². The number of aliphatic carboxylic acids is 2. The van der Waals surface area contributed by atoms with Crippen molar-refractivity contribution in [2.75, 3.05) is 0 Å². The van der Waals surface area contributed by atoms with Crippen LogP contribution in [0.1, 0.15) is 57.1 Å². The standard InChI is InChI=1S/C18H24O5/c1-3-4-14-5-7-15(8-6-14)18(13(2)19,11-9-16(20)21)12-10-17(22)23/h5-8H,3-4,9-12H2,1-2H3,(H,20,21)(H,22,23). The molecule has 0 aliphatic carbocycles. The minimum atomic E-state index is -1.05. The van der Waals surface area contributed by atoms with Gasteiger partial charge in [-0.3, -0.25) is 14.4 Å². The molecule has 5 nitrogen and oxygen atoms in total. The van der Waals surface area contributed by atoms with E-state index in [9.17, 15) is 14.4 Å². The van der Waals surface area contributed by atoms with Crippen LogP contribution in [0.2, 0.25) is 0 Å². The molecule has 0 bridgehead atoms. The van der Waals surface area contributed by atoms with Gasteiger partial charge in [-0.15, -0.1) is 0 Å². The lowest BCUT2D eigenvalue weighted by atomic mass is 9.70. The average molecular weight is 320 g/mol. The van der Waals surface area contributed by atoms with Crippen LogP contribution in [0.4, 0.5) is 0 Å². The lowest BCUT2D eigenvalue weighted by molar-refractivity contribution is -0.137. The molecule has 1 rings (SSSR count). The maximum atomic E-state index is 12.3. The summed E-state index contributed by atoms with van der Waals surface area (Å²) in [6, 6.07) is 7.52. The van der Waals surface area contributed by atoms with Crippen molar-refractivity contribution >= 4 is 17.7 Å². The van der Waals surface area contributed by atoms with Crippen LogP contribution < -0.4 is 0 Å². The third-order valence-electron chi connectivity index (χ3n) is 4.25. The molecule has 0 atom stereocenters. The first-order valence-electron chi connectivity index (χ1n) is 7.86. The Labute approximate surface area is 136 Å². The number of carboxylic acid groups (broad SMARTS) is 2. The van der Waals surface area contributed by atoms with Crippen molar-refractivity contribution in [2.24, 2.45) is 0 Å². The fourth-order valence-electron chi connectivity index (χ4n) is 2.89. The average Bonchev–Trinajstić information content (AvgIpc) is 2.48. The van der Waals surface area contributed by atoms with Crippen LogP contribution >= 0.6 is 0 Å². The Hall–Kier alpha value is -2.17. The van der Waals surface area contributed by atoms with E-state index in [1.165, 1.54) is 6.92 Å². The Bertz CT molecular complexity index is 541. The minimum absolute atomic E-state index is 0.109. The van der Waals surface area contributed by atoms with Crippen molar-refractivity contribution in [1.29, 1.82) is 0 Å². The first-order chi connectivity index (χ1) is 10.8. The van der Waals surface area contributed by atoms with Gasteiger partial charge in [0, 0.05) is 12.8 Å². The zero-order valence-electron chi connectivity index (χ0n) is 13.7. The molecule has 0 saturated carbocycles. The second kappa shape index (κ2) is 8.46. The quantitative estimate of drug-likeness (QED) is 0.690. The maximum absolute atomic E-state index is 12.3. The summed E-state index contributed by atoms with van der Waals surface area (Å²) in [4.78, 5) is 34.2. The number of aryl methyl sites for hydroxylation is 1. The molecule has 5 heteroatoms. The van der Waals surface area contributed by atoms with Crippen molar-refractivity contribution in [3.05, 3.63) is 35.4 Å². The van der Waals surface area contributed by atoms with E-state index in [1.54, 1.807) is 0 Å². The molecule has 0 radical (unpaired) electrons. The molecule has 0 spiro atoms. The predicted molar refractivity (Wildman–Crippen MR) is 86.5 cm³/mol. The SMILES string of the molecule is CCCc1ccc(C(CCC(=O)O)(CCC(=O)O)C(C)=O)cc1. The molecule has 0 saturated heterocycles. The van der Waals surface area contributed by atoms with E-state index in [1.807, 2.05) is 24.3 Å². The molecular formula is C18H24O5. The van der Waals surface area contributed by atoms with Gasteiger partial charge in [0.15, 0.2) is 0 Å². The van der Waals surface area contributed by atoms with Crippen molar-refractivity contribution < 1.29 is 24.6 Å². The number of hydrogen-bond acceptors (Lipinski definition) is 3.